The van der Waals surface area contributed by atoms with E-state index in [0.29, 0.717) is 24.6 Å². The summed E-state index contributed by atoms with van der Waals surface area (Å²) in [6.07, 6.45) is 3.20. The normalized spacial score (nSPS) is 12.5. The highest BCUT2D eigenvalue weighted by atomic mass is 16.1. The van der Waals surface area contributed by atoms with Crippen LogP contribution in [-0.4, -0.2) is 61.5 Å². The van der Waals surface area contributed by atoms with Crippen LogP contribution in [-0.2, 0) is 0 Å². The van der Waals surface area contributed by atoms with E-state index in [9.17, 15) is 4.79 Å². The number of nitrogens with zero attached hydrogens (tertiary/aromatic N) is 3. The maximum atomic E-state index is 12.0. The number of nitrogens with one attached hydrogen (secondary N) is 3. The summed E-state index contributed by atoms with van der Waals surface area (Å²) in [6, 6.07) is 14.3. The first-order valence-electron chi connectivity index (χ1n) is 10.1. The summed E-state index contributed by atoms with van der Waals surface area (Å²) < 4.78 is 0. The lowest BCUT2D eigenvalue weighted by atomic mass is 10.1. The van der Waals surface area contributed by atoms with E-state index in [1.807, 2.05) is 6.07 Å². The SMILES string of the molecule is CCN(CC)C(CNC(=NC)NCCNC(=O)c1cccnc1)c1ccccc1. The predicted molar refractivity (Wildman–Crippen MR) is 118 cm³/mol. The molecule has 2 aromatic rings. The van der Waals surface area contributed by atoms with Gasteiger partial charge in [-0.15, -0.1) is 0 Å². The van der Waals surface area contributed by atoms with Gasteiger partial charge in [0.05, 0.1) is 11.6 Å². The molecule has 7 nitrogen and oxygen atoms in total. The van der Waals surface area contributed by atoms with E-state index >= 15 is 0 Å². The number of amides is 1. The molecule has 0 spiro atoms. The van der Waals surface area contributed by atoms with Crippen molar-refractivity contribution in [1.29, 1.82) is 0 Å². The number of hydrogen-bond acceptors (Lipinski definition) is 4. The molecule has 0 radical (unpaired) electrons. The molecule has 1 atom stereocenters. The molecule has 0 aliphatic heterocycles. The molecule has 1 heterocycles. The van der Waals surface area contributed by atoms with Crippen molar-refractivity contribution in [2.24, 2.45) is 4.99 Å². The van der Waals surface area contributed by atoms with Gasteiger partial charge in [-0.25, -0.2) is 0 Å². The topological polar surface area (TPSA) is 81.6 Å². The van der Waals surface area contributed by atoms with Gasteiger partial charge in [-0.1, -0.05) is 44.2 Å². The average molecular weight is 397 g/mol. The largest absolute Gasteiger partial charge is 0.355 e. The second kappa shape index (κ2) is 12.5. The first-order valence-corrected chi connectivity index (χ1v) is 10.1. The van der Waals surface area contributed by atoms with Crippen LogP contribution in [0.3, 0.4) is 0 Å². The molecule has 3 N–H and O–H groups in total. The van der Waals surface area contributed by atoms with Crippen molar-refractivity contribution in [1.82, 2.24) is 25.8 Å². The summed E-state index contributed by atoms with van der Waals surface area (Å²) in [5, 5.41) is 9.53. The van der Waals surface area contributed by atoms with Gasteiger partial charge in [-0.05, 0) is 30.8 Å². The van der Waals surface area contributed by atoms with Gasteiger partial charge in [0.25, 0.3) is 5.91 Å². The molecule has 1 amide bonds. The Morgan fingerprint density at radius 1 is 1.03 bits per heavy atom. The number of guanidine groups is 1. The minimum atomic E-state index is -0.131. The Bertz CT molecular complexity index is 746. The third kappa shape index (κ3) is 7.19. The highest BCUT2D eigenvalue weighted by Crippen LogP contribution is 2.19. The van der Waals surface area contributed by atoms with Crippen LogP contribution in [0.4, 0.5) is 0 Å². The molecule has 0 aliphatic rings. The van der Waals surface area contributed by atoms with Gasteiger partial charge >= 0.3 is 0 Å². The Morgan fingerprint density at radius 2 is 1.76 bits per heavy atom. The number of carbonyl (C=O) groups is 1. The van der Waals surface area contributed by atoms with Crippen LogP contribution in [0, 0.1) is 0 Å². The fourth-order valence-electron chi connectivity index (χ4n) is 3.17. The second-order valence-electron chi connectivity index (χ2n) is 6.53. The smallest absolute Gasteiger partial charge is 0.252 e. The maximum absolute atomic E-state index is 12.0. The molecular weight excluding hydrogens is 364 g/mol. The zero-order chi connectivity index (χ0) is 20.9. The number of benzene rings is 1. The predicted octanol–water partition coefficient (Wildman–Crippen LogP) is 2.06. The van der Waals surface area contributed by atoms with Crippen LogP contribution in [0.5, 0.6) is 0 Å². The lowest BCUT2D eigenvalue weighted by molar-refractivity contribution is 0.0954. The number of aliphatic imine (C=N–C) groups is 1. The van der Waals surface area contributed by atoms with Gasteiger partial charge in [0, 0.05) is 39.1 Å². The third-order valence-corrected chi connectivity index (χ3v) is 4.75. The van der Waals surface area contributed by atoms with Crippen LogP contribution in [0.2, 0.25) is 0 Å². The zero-order valence-electron chi connectivity index (χ0n) is 17.6. The first kappa shape index (κ1) is 22.4. The van der Waals surface area contributed by atoms with E-state index in [2.05, 4.69) is 68.9 Å². The molecule has 0 saturated heterocycles. The first-order chi connectivity index (χ1) is 14.2. The fourth-order valence-corrected chi connectivity index (χ4v) is 3.17. The molecule has 2 rings (SSSR count). The number of hydrogen-bond donors (Lipinski definition) is 3. The summed E-state index contributed by atoms with van der Waals surface area (Å²) in [5.74, 6) is 0.585. The van der Waals surface area contributed by atoms with Crippen molar-refractivity contribution in [3.8, 4) is 0 Å². The summed E-state index contributed by atoms with van der Waals surface area (Å²) in [5.41, 5.74) is 1.84. The molecule has 0 bridgehead atoms. The molecule has 0 fully saturated rings. The van der Waals surface area contributed by atoms with E-state index in [1.54, 1.807) is 31.6 Å². The summed E-state index contributed by atoms with van der Waals surface area (Å²) in [6.45, 7) is 8.12. The van der Waals surface area contributed by atoms with Gasteiger partial charge < -0.3 is 16.0 Å². The summed E-state index contributed by atoms with van der Waals surface area (Å²) >= 11 is 0. The molecule has 1 unspecified atom stereocenters. The average Bonchev–Trinajstić information content (AvgIpc) is 2.78. The third-order valence-electron chi connectivity index (χ3n) is 4.75. The molecule has 0 saturated carbocycles. The van der Waals surface area contributed by atoms with E-state index in [1.165, 1.54) is 5.56 Å². The van der Waals surface area contributed by atoms with Crippen LogP contribution < -0.4 is 16.0 Å². The monoisotopic (exact) mass is 396 g/mol. The quantitative estimate of drug-likeness (QED) is 0.325. The van der Waals surface area contributed by atoms with Crippen LogP contribution in [0.1, 0.15) is 35.8 Å². The van der Waals surface area contributed by atoms with Crippen molar-refractivity contribution in [2.75, 3.05) is 39.8 Å². The lowest BCUT2D eigenvalue weighted by Gasteiger charge is -2.30. The summed E-state index contributed by atoms with van der Waals surface area (Å²) in [4.78, 5) is 22.7. The fraction of sp³-hybridized carbons (Fsp3) is 0.409. The molecule has 1 aromatic carbocycles. The minimum Gasteiger partial charge on any atom is -0.355 e. The van der Waals surface area contributed by atoms with Crippen LogP contribution in [0.25, 0.3) is 0 Å². The lowest BCUT2D eigenvalue weighted by Crippen LogP contribution is -2.45. The number of likely N-dealkylation sites (N-methyl/N-ethyl adjacent to an activating group) is 1. The Balaban J connectivity index is 1.82. The van der Waals surface area contributed by atoms with E-state index in [4.69, 9.17) is 0 Å². The number of rotatable bonds is 10. The van der Waals surface area contributed by atoms with Crippen molar-refractivity contribution in [3.05, 3.63) is 66.0 Å². The van der Waals surface area contributed by atoms with Crippen molar-refractivity contribution in [3.63, 3.8) is 0 Å². The molecular formula is C22H32N6O. The highest BCUT2D eigenvalue weighted by molar-refractivity contribution is 5.93. The highest BCUT2D eigenvalue weighted by Gasteiger charge is 2.18. The van der Waals surface area contributed by atoms with E-state index < -0.39 is 0 Å². The second-order valence-corrected chi connectivity index (χ2v) is 6.53. The van der Waals surface area contributed by atoms with E-state index in [-0.39, 0.29) is 11.9 Å². The minimum absolute atomic E-state index is 0.131. The van der Waals surface area contributed by atoms with Gasteiger partial charge in [-0.2, -0.15) is 0 Å². The Hall–Kier alpha value is -2.93. The van der Waals surface area contributed by atoms with Gasteiger partial charge in [0.15, 0.2) is 5.96 Å². The van der Waals surface area contributed by atoms with Gasteiger partial charge in [-0.3, -0.25) is 19.7 Å². The molecule has 7 heteroatoms. The summed E-state index contributed by atoms with van der Waals surface area (Å²) in [7, 11) is 1.75. The molecule has 156 valence electrons. The van der Waals surface area contributed by atoms with Crippen molar-refractivity contribution in [2.45, 2.75) is 19.9 Å². The standard InChI is InChI=1S/C22H32N6O/c1-4-28(5-2)20(18-10-7-6-8-11-18)17-27-22(23-3)26-15-14-25-21(29)19-12-9-13-24-16-19/h6-13,16,20H,4-5,14-15,17H2,1-3H3,(H,25,29)(H2,23,26,27). The number of aromatic nitrogens is 1. The van der Waals surface area contributed by atoms with Crippen LogP contribution in [0.15, 0.2) is 59.9 Å². The number of carbonyl (C=O) groups excluding carboxylic acids is 1. The Labute approximate surface area is 173 Å². The zero-order valence-corrected chi connectivity index (χ0v) is 17.6. The Kier molecular flexibility index (Phi) is 9.65. The van der Waals surface area contributed by atoms with Gasteiger partial charge in [0.2, 0.25) is 0 Å². The molecule has 1 aromatic heterocycles. The number of pyridine rings is 1. The Morgan fingerprint density at radius 3 is 2.38 bits per heavy atom. The van der Waals surface area contributed by atoms with E-state index in [0.717, 1.165) is 19.6 Å². The molecule has 29 heavy (non-hydrogen) atoms. The van der Waals surface area contributed by atoms with Crippen molar-refractivity contribution < 1.29 is 4.79 Å². The van der Waals surface area contributed by atoms with Crippen LogP contribution >= 0.6 is 0 Å². The molecule has 0 aliphatic carbocycles. The van der Waals surface area contributed by atoms with Crippen molar-refractivity contribution >= 4 is 11.9 Å². The van der Waals surface area contributed by atoms with Gasteiger partial charge in [0.1, 0.15) is 0 Å². The maximum Gasteiger partial charge on any atom is 0.252 e.